The summed E-state index contributed by atoms with van der Waals surface area (Å²) in [7, 11) is 0. The first-order chi connectivity index (χ1) is 8.34. The van der Waals surface area contributed by atoms with Crippen molar-refractivity contribution in [1.29, 1.82) is 0 Å². The minimum absolute atomic E-state index is 0.0812. The summed E-state index contributed by atoms with van der Waals surface area (Å²) in [4.78, 5) is 11.2. The molecule has 18 heavy (non-hydrogen) atoms. The van der Waals surface area contributed by atoms with Gasteiger partial charge in [0.1, 0.15) is 0 Å². The molecule has 100 valence electrons. The van der Waals surface area contributed by atoms with Gasteiger partial charge < -0.3 is 10.6 Å². The van der Waals surface area contributed by atoms with Gasteiger partial charge in [-0.3, -0.25) is 4.79 Å². The van der Waals surface area contributed by atoms with Crippen LogP contribution in [0, 0.1) is 0 Å². The van der Waals surface area contributed by atoms with E-state index in [0.717, 1.165) is 18.2 Å². The highest BCUT2D eigenvalue weighted by atomic mass is 35.5. The number of amides is 1. The molecule has 0 saturated heterocycles. The van der Waals surface area contributed by atoms with Crippen molar-refractivity contribution >= 4 is 23.2 Å². The Balaban J connectivity index is 2.79. The molecule has 0 radical (unpaired) electrons. The Morgan fingerprint density at radius 2 is 2.06 bits per heavy atom. The van der Waals surface area contributed by atoms with Crippen molar-refractivity contribution in [1.82, 2.24) is 5.32 Å². The molecule has 1 aromatic rings. The van der Waals surface area contributed by atoms with Crippen molar-refractivity contribution in [3.05, 3.63) is 28.8 Å². The Morgan fingerprint density at radius 1 is 1.39 bits per heavy atom. The van der Waals surface area contributed by atoms with Crippen LogP contribution in [0.4, 0.5) is 18.9 Å². The third kappa shape index (κ3) is 4.10. The first-order valence-electron chi connectivity index (χ1n) is 5.22. The van der Waals surface area contributed by atoms with Crippen molar-refractivity contribution in [2.24, 2.45) is 0 Å². The van der Waals surface area contributed by atoms with Gasteiger partial charge in [-0.15, -0.1) is 0 Å². The van der Waals surface area contributed by atoms with Crippen LogP contribution in [0.3, 0.4) is 0 Å². The Labute approximate surface area is 107 Å². The minimum atomic E-state index is -4.44. The highest BCUT2D eigenvalue weighted by molar-refractivity contribution is 6.33. The molecule has 0 fully saturated rings. The van der Waals surface area contributed by atoms with E-state index in [4.69, 9.17) is 11.6 Å². The standard InChI is InChI=1S/C11H12ClF3N2O/c1-2-16-10(18)6-17-9-5-7(11(13,14)15)3-4-8(9)12/h3-5,17H,2,6H2,1H3,(H,16,18). The molecule has 2 N–H and O–H groups in total. The molecule has 1 aromatic carbocycles. The monoisotopic (exact) mass is 280 g/mol. The third-order valence-corrected chi connectivity index (χ3v) is 2.44. The van der Waals surface area contributed by atoms with Crippen molar-refractivity contribution in [3.63, 3.8) is 0 Å². The molecule has 1 rings (SSSR count). The number of likely N-dealkylation sites (N-methyl/N-ethyl adjacent to an activating group) is 1. The molecular formula is C11H12ClF3N2O. The Kier molecular flexibility index (Phi) is 4.84. The number of nitrogens with one attached hydrogen (secondary N) is 2. The first kappa shape index (κ1) is 14.6. The number of carbonyl (C=O) groups excluding carboxylic acids is 1. The molecule has 3 nitrogen and oxygen atoms in total. The second-order valence-corrected chi connectivity index (χ2v) is 3.91. The van der Waals surface area contributed by atoms with Gasteiger partial charge >= 0.3 is 6.18 Å². The van der Waals surface area contributed by atoms with Crippen molar-refractivity contribution in [3.8, 4) is 0 Å². The van der Waals surface area contributed by atoms with Crippen LogP contribution in [-0.2, 0) is 11.0 Å². The van der Waals surface area contributed by atoms with Crippen LogP contribution in [0.2, 0.25) is 5.02 Å². The maximum atomic E-state index is 12.5. The molecule has 7 heteroatoms. The van der Waals surface area contributed by atoms with Gasteiger partial charge in [-0.1, -0.05) is 11.6 Å². The van der Waals surface area contributed by atoms with Crippen LogP contribution in [0.25, 0.3) is 0 Å². The van der Waals surface area contributed by atoms with Crippen LogP contribution in [-0.4, -0.2) is 19.0 Å². The third-order valence-electron chi connectivity index (χ3n) is 2.11. The second kappa shape index (κ2) is 5.95. The number of rotatable bonds is 4. The summed E-state index contributed by atoms with van der Waals surface area (Å²) in [5, 5.41) is 5.21. The van der Waals surface area contributed by atoms with Gasteiger partial charge in [0, 0.05) is 6.54 Å². The fourth-order valence-corrected chi connectivity index (χ4v) is 1.46. The average molecular weight is 281 g/mol. The van der Waals surface area contributed by atoms with Crippen molar-refractivity contribution in [2.75, 3.05) is 18.4 Å². The summed E-state index contributed by atoms with van der Waals surface area (Å²) in [6.07, 6.45) is -4.44. The Bertz CT molecular complexity index is 435. The second-order valence-electron chi connectivity index (χ2n) is 3.50. The fraction of sp³-hybridized carbons (Fsp3) is 0.364. The number of hydrogen-bond donors (Lipinski definition) is 2. The lowest BCUT2D eigenvalue weighted by atomic mass is 10.2. The van der Waals surface area contributed by atoms with Gasteiger partial charge in [-0.05, 0) is 25.1 Å². The van der Waals surface area contributed by atoms with Crippen LogP contribution in [0.1, 0.15) is 12.5 Å². The van der Waals surface area contributed by atoms with Gasteiger partial charge in [0.2, 0.25) is 5.91 Å². The summed E-state index contributed by atoms with van der Waals surface area (Å²) in [6.45, 7) is 2.07. The quantitative estimate of drug-likeness (QED) is 0.890. The van der Waals surface area contributed by atoms with E-state index in [1.165, 1.54) is 0 Å². The van der Waals surface area contributed by atoms with Crippen molar-refractivity contribution in [2.45, 2.75) is 13.1 Å². The predicted octanol–water partition coefficient (Wildman–Crippen LogP) is 2.91. The Hall–Kier alpha value is -1.43. The first-order valence-corrected chi connectivity index (χ1v) is 5.59. The molecule has 0 aliphatic carbocycles. The van der Waals surface area contributed by atoms with E-state index in [1.807, 2.05) is 0 Å². The zero-order valence-corrected chi connectivity index (χ0v) is 10.3. The highest BCUT2D eigenvalue weighted by Crippen LogP contribution is 2.33. The average Bonchev–Trinajstić information content (AvgIpc) is 2.26. The molecule has 0 bridgehead atoms. The maximum Gasteiger partial charge on any atom is 0.416 e. The van der Waals surface area contributed by atoms with Gasteiger partial charge in [0.15, 0.2) is 0 Å². The maximum absolute atomic E-state index is 12.5. The minimum Gasteiger partial charge on any atom is -0.375 e. The number of carbonyl (C=O) groups is 1. The van der Waals surface area contributed by atoms with E-state index in [1.54, 1.807) is 6.92 Å². The number of halogens is 4. The van der Waals surface area contributed by atoms with E-state index in [0.29, 0.717) is 6.54 Å². The molecule has 0 spiro atoms. The molecule has 1 amide bonds. The summed E-state index contributed by atoms with van der Waals surface area (Å²) in [5.74, 6) is -0.314. The lowest BCUT2D eigenvalue weighted by Gasteiger charge is -2.12. The summed E-state index contributed by atoms with van der Waals surface area (Å²) >= 11 is 5.75. The smallest absolute Gasteiger partial charge is 0.375 e. The summed E-state index contributed by atoms with van der Waals surface area (Å²) < 4.78 is 37.4. The number of alkyl halides is 3. The summed E-state index contributed by atoms with van der Waals surface area (Å²) in [5.41, 5.74) is -0.733. The molecule has 0 atom stereocenters. The van der Waals surface area contributed by atoms with E-state index in [9.17, 15) is 18.0 Å². The highest BCUT2D eigenvalue weighted by Gasteiger charge is 2.30. The van der Waals surface area contributed by atoms with E-state index < -0.39 is 11.7 Å². The number of hydrogen-bond acceptors (Lipinski definition) is 2. The number of anilines is 1. The SMILES string of the molecule is CCNC(=O)CNc1cc(C(F)(F)F)ccc1Cl. The van der Waals surface area contributed by atoms with Crippen molar-refractivity contribution < 1.29 is 18.0 Å². The zero-order valence-electron chi connectivity index (χ0n) is 9.57. The van der Waals surface area contributed by atoms with E-state index in [2.05, 4.69) is 10.6 Å². The van der Waals surface area contributed by atoms with Gasteiger partial charge in [0.25, 0.3) is 0 Å². The molecule has 0 unspecified atom stereocenters. The predicted molar refractivity (Wildman–Crippen MR) is 63.6 cm³/mol. The zero-order chi connectivity index (χ0) is 13.8. The molecule has 0 saturated carbocycles. The Morgan fingerprint density at radius 3 is 2.61 bits per heavy atom. The largest absolute Gasteiger partial charge is 0.416 e. The lowest BCUT2D eigenvalue weighted by Crippen LogP contribution is -2.29. The molecule has 0 aliphatic rings. The van der Waals surface area contributed by atoms with Crippen LogP contribution >= 0.6 is 11.6 Å². The summed E-state index contributed by atoms with van der Waals surface area (Å²) in [6, 6.07) is 2.91. The number of benzene rings is 1. The fourth-order valence-electron chi connectivity index (χ4n) is 1.27. The normalized spacial score (nSPS) is 11.2. The van der Waals surface area contributed by atoms with Gasteiger partial charge in [-0.2, -0.15) is 13.2 Å². The van der Waals surface area contributed by atoms with E-state index in [-0.39, 0.29) is 23.2 Å². The lowest BCUT2D eigenvalue weighted by molar-refractivity contribution is -0.137. The molecule has 0 aromatic heterocycles. The van der Waals surface area contributed by atoms with Crippen LogP contribution in [0.15, 0.2) is 18.2 Å². The van der Waals surface area contributed by atoms with Gasteiger partial charge in [-0.25, -0.2) is 0 Å². The van der Waals surface area contributed by atoms with E-state index >= 15 is 0 Å². The van der Waals surface area contributed by atoms with Gasteiger partial charge in [0.05, 0.1) is 22.8 Å². The molecule has 0 aliphatic heterocycles. The molecule has 0 heterocycles. The van der Waals surface area contributed by atoms with Crippen LogP contribution in [0.5, 0.6) is 0 Å². The topological polar surface area (TPSA) is 41.1 Å². The molecular weight excluding hydrogens is 269 g/mol. The van der Waals surface area contributed by atoms with Crippen LogP contribution < -0.4 is 10.6 Å².